The molecule has 6 N–H and O–H groups in total. The minimum Gasteiger partial charge on any atom is -0.475 e. The number of carbonyl (C=O) groups is 2. The highest BCUT2D eigenvalue weighted by molar-refractivity contribution is 5.88. The van der Waals surface area contributed by atoms with Gasteiger partial charge in [0.25, 0.3) is 0 Å². The molecule has 0 saturated heterocycles. The lowest BCUT2D eigenvalue weighted by Crippen LogP contribution is -2.10. The molecule has 1 rings (SSSR count). The highest BCUT2D eigenvalue weighted by Crippen LogP contribution is 2.14. The molecule has 224 valence electrons. The van der Waals surface area contributed by atoms with Gasteiger partial charge in [0.05, 0.1) is 12.7 Å². The van der Waals surface area contributed by atoms with Crippen LogP contribution in [0.2, 0.25) is 0 Å². The maximum atomic E-state index is 10.2. The van der Waals surface area contributed by atoms with E-state index in [1.165, 1.54) is 89.9 Å². The predicted molar refractivity (Wildman–Crippen MR) is 148 cm³/mol. The number of furan rings is 1. The first-order valence-electron chi connectivity index (χ1n) is 14.4. The van der Waals surface area contributed by atoms with Crippen molar-refractivity contribution in [3.8, 4) is 0 Å². The lowest BCUT2D eigenvalue weighted by molar-refractivity contribution is -0.0453. The van der Waals surface area contributed by atoms with Gasteiger partial charge >= 0.3 is 11.9 Å². The van der Waals surface area contributed by atoms with E-state index in [0.29, 0.717) is 6.42 Å². The lowest BCUT2D eigenvalue weighted by Gasteiger charge is -2.06. The van der Waals surface area contributed by atoms with Crippen molar-refractivity contribution in [1.29, 1.82) is 0 Å². The van der Waals surface area contributed by atoms with Gasteiger partial charge < -0.3 is 35.1 Å². The average molecular weight is 547 g/mol. The number of aromatic carboxylic acids is 2. The summed E-state index contributed by atoms with van der Waals surface area (Å²) in [7, 11) is 0. The molecule has 38 heavy (non-hydrogen) atoms. The minimum atomic E-state index is -1.28. The summed E-state index contributed by atoms with van der Waals surface area (Å²) in [5.41, 5.74) is 0. The fourth-order valence-electron chi connectivity index (χ4n) is 3.67. The zero-order valence-corrected chi connectivity index (χ0v) is 23.7. The Kier molecular flexibility index (Phi) is 28.2. The van der Waals surface area contributed by atoms with Gasteiger partial charge in [-0.15, -0.1) is 0 Å². The Morgan fingerprint density at radius 2 is 1.00 bits per heavy atom. The first-order valence-corrected chi connectivity index (χ1v) is 14.4. The summed E-state index contributed by atoms with van der Waals surface area (Å²) in [5.74, 6) is -3.31. The van der Waals surface area contributed by atoms with Crippen LogP contribution in [0.5, 0.6) is 0 Å². The molecule has 0 amide bonds. The van der Waals surface area contributed by atoms with E-state index < -0.39 is 24.3 Å². The van der Waals surface area contributed by atoms with Crippen LogP contribution in [0.3, 0.4) is 0 Å². The van der Waals surface area contributed by atoms with Crippen molar-refractivity contribution in [2.24, 2.45) is 0 Å². The van der Waals surface area contributed by atoms with Crippen molar-refractivity contribution < 1.29 is 44.6 Å². The first-order chi connectivity index (χ1) is 18.2. The van der Waals surface area contributed by atoms with Crippen LogP contribution in [-0.4, -0.2) is 61.6 Å². The maximum absolute atomic E-state index is 10.2. The summed E-state index contributed by atoms with van der Waals surface area (Å²) in [6.07, 6.45) is 20.9. The molecule has 1 aromatic rings. The van der Waals surface area contributed by atoms with Gasteiger partial charge in [-0.25, -0.2) is 9.59 Å². The molecule has 9 heteroatoms. The van der Waals surface area contributed by atoms with E-state index in [0.717, 1.165) is 31.4 Å². The Bertz CT molecular complexity index is 630. The highest BCUT2D eigenvalue weighted by atomic mass is 16.5. The van der Waals surface area contributed by atoms with E-state index in [9.17, 15) is 14.7 Å². The van der Waals surface area contributed by atoms with Crippen LogP contribution >= 0.6 is 0 Å². The third kappa shape index (κ3) is 27.1. The SMILES string of the molecule is CCCC(O)O.CCCCCCCCCCCCCCCCCC(O)CO.O=C(O)c1ccc(C(=O)O)o1. The third-order valence-electron chi connectivity index (χ3n) is 5.93. The molecule has 0 fully saturated rings. The normalized spacial score (nSPS) is 11.3. The number of aliphatic hydroxyl groups is 4. The standard InChI is InChI=1S/C19H40O2.C6H4O5.C4H10O2/c1-2-3-4-5-6-7-8-9-10-11-12-13-14-15-16-17-19(21)18-20;7-5(8)3-1-2-4(11-3)6(9)10;1-2-3-4(5)6/h19-21H,2-18H2,1H3;1-2H,(H,7,8)(H,9,10);4-6H,2-3H2,1H3. The summed E-state index contributed by atoms with van der Waals surface area (Å²) in [6.45, 7) is 4.09. The topological polar surface area (TPSA) is 169 Å². The van der Waals surface area contributed by atoms with Gasteiger partial charge in [0.1, 0.15) is 0 Å². The fraction of sp³-hybridized carbons (Fsp3) is 0.793. The van der Waals surface area contributed by atoms with Gasteiger partial charge in [-0.3, -0.25) is 0 Å². The molecule has 0 aliphatic heterocycles. The molecule has 0 aliphatic carbocycles. The maximum Gasteiger partial charge on any atom is 0.371 e. The van der Waals surface area contributed by atoms with Crippen LogP contribution in [0.1, 0.15) is 151 Å². The first kappa shape index (κ1) is 38.2. The number of rotatable bonds is 21. The van der Waals surface area contributed by atoms with Gasteiger partial charge in [-0.2, -0.15) is 0 Å². The summed E-state index contributed by atoms with van der Waals surface area (Å²) < 4.78 is 4.41. The Hall–Kier alpha value is -1.94. The van der Waals surface area contributed by atoms with Gasteiger partial charge in [0, 0.05) is 0 Å². The Balaban J connectivity index is 0. The predicted octanol–water partition coefficient (Wildman–Crippen LogP) is 6.37. The van der Waals surface area contributed by atoms with Gasteiger partial charge in [0.2, 0.25) is 11.5 Å². The number of hydrogen-bond donors (Lipinski definition) is 6. The van der Waals surface area contributed by atoms with Crippen molar-refractivity contribution >= 4 is 11.9 Å². The van der Waals surface area contributed by atoms with Crippen LogP contribution in [0.15, 0.2) is 16.5 Å². The van der Waals surface area contributed by atoms with Crippen LogP contribution < -0.4 is 0 Å². The summed E-state index contributed by atoms with van der Waals surface area (Å²) in [4.78, 5) is 20.3. The smallest absolute Gasteiger partial charge is 0.371 e. The number of hydrogen-bond acceptors (Lipinski definition) is 7. The summed E-state index contributed by atoms with van der Waals surface area (Å²) in [6, 6.07) is 2.18. The monoisotopic (exact) mass is 546 g/mol. The van der Waals surface area contributed by atoms with Crippen LogP contribution in [0.4, 0.5) is 0 Å². The molecule has 0 bridgehead atoms. The van der Waals surface area contributed by atoms with E-state index in [1.54, 1.807) is 0 Å². The summed E-state index contributed by atoms with van der Waals surface area (Å²) in [5, 5.41) is 50.7. The van der Waals surface area contributed by atoms with Crippen LogP contribution in [0, 0.1) is 0 Å². The molecule has 0 radical (unpaired) electrons. The molecule has 1 aromatic heterocycles. The summed E-state index contributed by atoms with van der Waals surface area (Å²) >= 11 is 0. The van der Waals surface area contributed by atoms with E-state index in [4.69, 9.17) is 25.5 Å². The molecule has 0 spiro atoms. The van der Waals surface area contributed by atoms with E-state index in [2.05, 4.69) is 11.3 Å². The second-order valence-electron chi connectivity index (χ2n) is 9.62. The lowest BCUT2D eigenvalue weighted by atomic mass is 10.0. The van der Waals surface area contributed by atoms with Crippen LogP contribution in [0.25, 0.3) is 0 Å². The Morgan fingerprint density at radius 1 is 0.632 bits per heavy atom. The molecule has 0 aliphatic rings. The Morgan fingerprint density at radius 3 is 1.24 bits per heavy atom. The van der Waals surface area contributed by atoms with Gasteiger partial charge in [-0.05, 0) is 25.0 Å². The quantitative estimate of drug-likeness (QED) is 0.0757. The van der Waals surface area contributed by atoms with Gasteiger partial charge in [-0.1, -0.05) is 117 Å². The molecule has 0 saturated carbocycles. The van der Waals surface area contributed by atoms with Crippen molar-refractivity contribution in [3.63, 3.8) is 0 Å². The highest BCUT2D eigenvalue weighted by Gasteiger charge is 2.12. The number of aliphatic hydroxyl groups excluding tert-OH is 3. The molecule has 9 nitrogen and oxygen atoms in total. The van der Waals surface area contributed by atoms with Crippen molar-refractivity contribution in [2.45, 2.75) is 142 Å². The number of unbranched alkanes of at least 4 members (excludes halogenated alkanes) is 14. The second-order valence-corrected chi connectivity index (χ2v) is 9.62. The third-order valence-corrected chi connectivity index (χ3v) is 5.93. The molecule has 0 aromatic carbocycles. The average Bonchev–Trinajstić information content (AvgIpc) is 3.38. The molecule has 1 unspecified atom stereocenters. The van der Waals surface area contributed by atoms with Crippen molar-refractivity contribution in [3.05, 3.63) is 23.7 Å². The zero-order chi connectivity index (χ0) is 29.0. The van der Waals surface area contributed by atoms with Crippen molar-refractivity contribution in [1.82, 2.24) is 0 Å². The number of carboxylic acids is 2. The zero-order valence-electron chi connectivity index (χ0n) is 23.7. The van der Waals surface area contributed by atoms with E-state index in [1.807, 2.05) is 6.92 Å². The molecular weight excluding hydrogens is 492 g/mol. The van der Waals surface area contributed by atoms with Gasteiger partial charge in [0.15, 0.2) is 6.29 Å². The largest absolute Gasteiger partial charge is 0.475 e. The van der Waals surface area contributed by atoms with Crippen molar-refractivity contribution in [2.75, 3.05) is 6.61 Å². The molecule has 1 heterocycles. The van der Waals surface area contributed by atoms with E-state index in [-0.39, 0.29) is 18.1 Å². The second kappa shape index (κ2) is 28.1. The Labute approximate surface area is 228 Å². The molecule has 1 atom stereocenters. The van der Waals surface area contributed by atoms with Crippen LogP contribution in [-0.2, 0) is 0 Å². The minimum absolute atomic E-state index is 0.0847. The fourth-order valence-corrected chi connectivity index (χ4v) is 3.67. The number of carboxylic acid groups (broad SMARTS) is 2. The molecular formula is C29H54O9. The van der Waals surface area contributed by atoms with E-state index >= 15 is 0 Å².